The molecule has 0 aromatic heterocycles. The number of anilines is 1. The number of benzene rings is 1. The average molecular weight is 283 g/mol. The lowest BCUT2D eigenvalue weighted by atomic mass is 10.0. The molecule has 0 aliphatic carbocycles. The van der Waals surface area contributed by atoms with Gasteiger partial charge < -0.3 is 15.4 Å². The molecule has 2 rings (SSSR count). The number of hydrogen-bond acceptors (Lipinski definition) is 3. The normalized spacial score (nSPS) is 22.1. The van der Waals surface area contributed by atoms with Crippen LogP contribution < -0.4 is 10.6 Å². The van der Waals surface area contributed by atoms with Gasteiger partial charge in [0.1, 0.15) is 0 Å². The topological polar surface area (TPSA) is 38.5 Å². The number of rotatable bonds is 3. The van der Waals surface area contributed by atoms with Crippen molar-refractivity contribution in [2.75, 3.05) is 24.6 Å². The molecule has 0 spiro atoms. The maximum Gasteiger partial charge on any atom is 0.0721 e. The second-order valence-corrected chi connectivity index (χ2v) is 5.82. The monoisotopic (exact) mass is 282 g/mol. The lowest BCUT2D eigenvalue weighted by Crippen LogP contribution is -2.32. The van der Waals surface area contributed by atoms with Gasteiger partial charge in [0.15, 0.2) is 0 Å². The lowest BCUT2D eigenvalue weighted by Gasteiger charge is -2.28. The van der Waals surface area contributed by atoms with Crippen LogP contribution in [0.3, 0.4) is 0 Å². The van der Waals surface area contributed by atoms with Crippen molar-refractivity contribution in [2.24, 2.45) is 5.73 Å². The Kier molecular flexibility index (Phi) is 5.08. The van der Waals surface area contributed by atoms with Crippen molar-refractivity contribution in [3.05, 3.63) is 28.8 Å². The van der Waals surface area contributed by atoms with Gasteiger partial charge in [-0.05, 0) is 38.3 Å². The summed E-state index contributed by atoms with van der Waals surface area (Å²) in [5, 5.41) is 0.812. The van der Waals surface area contributed by atoms with Crippen molar-refractivity contribution in [3.8, 4) is 0 Å². The predicted molar refractivity (Wildman–Crippen MR) is 81.0 cm³/mol. The number of nitrogens with two attached hydrogens (primary N) is 1. The van der Waals surface area contributed by atoms with E-state index >= 15 is 0 Å². The fraction of sp³-hybridized carbons (Fsp3) is 0.600. The van der Waals surface area contributed by atoms with E-state index in [0.717, 1.165) is 43.2 Å². The van der Waals surface area contributed by atoms with E-state index in [9.17, 15) is 0 Å². The van der Waals surface area contributed by atoms with Crippen LogP contribution in [0.1, 0.15) is 25.8 Å². The Bertz CT molecular complexity index is 423. The van der Waals surface area contributed by atoms with Gasteiger partial charge in [-0.1, -0.05) is 23.7 Å². The molecule has 0 amide bonds. The van der Waals surface area contributed by atoms with E-state index in [1.165, 1.54) is 5.56 Å². The summed E-state index contributed by atoms with van der Waals surface area (Å²) in [6.07, 6.45) is 2.12. The first-order chi connectivity index (χ1) is 9.08. The highest BCUT2D eigenvalue weighted by Crippen LogP contribution is 2.31. The van der Waals surface area contributed by atoms with Gasteiger partial charge in [0, 0.05) is 25.7 Å². The number of hydrogen-bond donors (Lipinski definition) is 1. The Balaban J connectivity index is 2.30. The number of ether oxygens (including phenoxy) is 1. The molecule has 106 valence electrons. The minimum Gasteiger partial charge on any atom is -0.377 e. The van der Waals surface area contributed by atoms with Crippen molar-refractivity contribution in [2.45, 2.75) is 38.8 Å². The summed E-state index contributed by atoms with van der Waals surface area (Å²) in [6, 6.07) is 6.22. The van der Waals surface area contributed by atoms with Crippen molar-refractivity contribution < 1.29 is 4.74 Å². The average Bonchev–Trinajstić information content (AvgIpc) is 2.53. The third-order valence-electron chi connectivity index (χ3n) is 3.38. The molecular formula is C15H23ClN2O. The zero-order valence-corrected chi connectivity index (χ0v) is 12.5. The number of halogens is 1. The van der Waals surface area contributed by atoms with Gasteiger partial charge in [0.2, 0.25) is 0 Å². The van der Waals surface area contributed by atoms with Gasteiger partial charge in [-0.3, -0.25) is 0 Å². The van der Waals surface area contributed by atoms with Crippen LogP contribution in [-0.2, 0) is 11.2 Å². The summed E-state index contributed by atoms with van der Waals surface area (Å²) in [7, 11) is 0. The Morgan fingerprint density at radius 3 is 3.05 bits per heavy atom. The molecule has 1 aromatic carbocycles. The molecule has 4 heteroatoms. The van der Waals surface area contributed by atoms with Crippen molar-refractivity contribution >= 4 is 17.3 Å². The Hall–Kier alpha value is -0.770. The molecule has 1 heterocycles. The van der Waals surface area contributed by atoms with Gasteiger partial charge in [-0.2, -0.15) is 0 Å². The Morgan fingerprint density at radius 1 is 1.53 bits per heavy atom. The van der Waals surface area contributed by atoms with Gasteiger partial charge in [-0.15, -0.1) is 0 Å². The van der Waals surface area contributed by atoms with Crippen LogP contribution in [-0.4, -0.2) is 31.8 Å². The van der Waals surface area contributed by atoms with Crippen molar-refractivity contribution in [1.82, 2.24) is 0 Å². The van der Waals surface area contributed by atoms with E-state index in [2.05, 4.69) is 17.9 Å². The van der Waals surface area contributed by atoms with Crippen LogP contribution in [0.25, 0.3) is 0 Å². The molecule has 1 saturated heterocycles. The molecule has 2 unspecified atom stereocenters. The van der Waals surface area contributed by atoms with E-state index in [0.29, 0.717) is 0 Å². The van der Waals surface area contributed by atoms with Crippen LogP contribution in [0.4, 0.5) is 5.69 Å². The summed E-state index contributed by atoms with van der Waals surface area (Å²) in [5.74, 6) is 0. The molecule has 1 aliphatic rings. The highest BCUT2D eigenvalue weighted by Gasteiger charge is 2.20. The molecule has 3 nitrogen and oxygen atoms in total. The van der Waals surface area contributed by atoms with Crippen LogP contribution in [0, 0.1) is 0 Å². The largest absolute Gasteiger partial charge is 0.377 e. The molecule has 2 atom stereocenters. The van der Waals surface area contributed by atoms with Gasteiger partial charge in [0.05, 0.1) is 16.8 Å². The highest BCUT2D eigenvalue weighted by molar-refractivity contribution is 6.33. The highest BCUT2D eigenvalue weighted by atomic mass is 35.5. The smallest absolute Gasteiger partial charge is 0.0721 e. The van der Waals surface area contributed by atoms with Crippen molar-refractivity contribution in [1.29, 1.82) is 0 Å². The molecule has 2 N–H and O–H groups in total. The van der Waals surface area contributed by atoms with E-state index < -0.39 is 0 Å². The second kappa shape index (κ2) is 6.60. The van der Waals surface area contributed by atoms with Crippen LogP contribution in [0.2, 0.25) is 5.02 Å². The van der Waals surface area contributed by atoms with Crippen LogP contribution >= 0.6 is 11.6 Å². The molecule has 0 radical (unpaired) electrons. The van der Waals surface area contributed by atoms with E-state index in [-0.39, 0.29) is 12.1 Å². The molecule has 1 aromatic rings. The Labute approximate surface area is 120 Å². The zero-order chi connectivity index (χ0) is 13.8. The summed E-state index contributed by atoms with van der Waals surface area (Å²) in [5.41, 5.74) is 8.32. The summed E-state index contributed by atoms with van der Waals surface area (Å²) >= 11 is 6.42. The quantitative estimate of drug-likeness (QED) is 0.926. The fourth-order valence-electron chi connectivity index (χ4n) is 2.62. The lowest BCUT2D eigenvalue weighted by molar-refractivity contribution is 0.0821. The third-order valence-corrected chi connectivity index (χ3v) is 3.69. The molecule has 1 fully saturated rings. The van der Waals surface area contributed by atoms with Gasteiger partial charge >= 0.3 is 0 Å². The van der Waals surface area contributed by atoms with E-state index in [1.807, 2.05) is 19.1 Å². The molecule has 0 bridgehead atoms. The van der Waals surface area contributed by atoms with E-state index in [4.69, 9.17) is 22.1 Å². The summed E-state index contributed by atoms with van der Waals surface area (Å²) in [4.78, 5) is 2.34. The molecule has 0 saturated carbocycles. The van der Waals surface area contributed by atoms with Crippen LogP contribution in [0.5, 0.6) is 0 Å². The summed E-state index contributed by atoms with van der Waals surface area (Å²) < 4.78 is 5.71. The maximum atomic E-state index is 6.42. The first-order valence-corrected chi connectivity index (χ1v) is 7.35. The van der Waals surface area contributed by atoms with Gasteiger partial charge in [-0.25, -0.2) is 0 Å². The first-order valence-electron chi connectivity index (χ1n) is 6.97. The Morgan fingerprint density at radius 2 is 2.32 bits per heavy atom. The maximum absolute atomic E-state index is 6.42. The van der Waals surface area contributed by atoms with E-state index in [1.54, 1.807) is 0 Å². The van der Waals surface area contributed by atoms with Crippen molar-refractivity contribution in [3.63, 3.8) is 0 Å². The zero-order valence-electron chi connectivity index (χ0n) is 11.7. The van der Waals surface area contributed by atoms with Crippen LogP contribution in [0.15, 0.2) is 18.2 Å². The SMILES string of the molecule is CC(N)Cc1cccc(Cl)c1N1CCCOC(C)C1. The minimum atomic E-state index is 0.137. The third kappa shape index (κ3) is 3.85. The number of para-hydroxylation sites is 1. The molecule has 19 heavy (non-hydrogen) atoms. The second-order valence-electron chi connectivity index (χ2n) is 5.41. The molecule has 1 aliphatic heterocycles. The molecular weight excluding hydrogens is 260 g/mol. The fourth-order valence-corrected chi connectivity index (χ4v) is 2.94. The summed E-state index contributed by atoms with van der Waals surface area (Å²) in [6.45, 7) is 6.83. The minimum absolute atomic E-state index is 0.137. The predicted octanol–water partition coefficient (Wildman–Crippen LogP) is 2.84. The first kappa shape index (κ1) is 14.6. The van der Waals surface area contributed by atoms with Gasteiger partial charge in [0.25, 0.3) is 0 Å². The number of nitrogens with zero attached hydrogens (tertiary/aromatic N) is 1. The standard InChI is InChI=1S/C15H23ClN2O/c1-11(17)9-13-5-3-6-14(16)15(13)18-7-4-8-19-12(2)10-18/h3,5-6,11-12H,4,7-10,17H2,1-2H3.